The molecule has 1 saturated heterocycles. The highest BCUT2D eigenvalue weighted by Crippen LogP contribution is 2.27. The van der Waals surface area contributed by atoms with Crippen LogP contribution in [0, 0.1) is 0 Å². The first-order chi connectivity index (χ1) is 11.4. The first-order valence-electron chi connectivity index (χ1n) is 8.06. The Labute approximate surface area is 136 Å². The van der Waals surface area contributed by atoms with Crippen molar-refractivity contribution in [2.24, 2.45) is 0 Å². The topological polar surface area (TPSA) is 50.4 Å². The van der Waals surface area contributed by atoms with E-state index in [0.717, 1.165) is 30.6 Å². The van der Waals surface area contributed by atoms with Crippen LogP contribution in [0.4, 0.5) is 5.69 Å². The third kappa shape index (κ3) is 4.18. The number of carbonyl (C=O) groups excluding carboxylic acids is 1. The Bertz CT molecular complexity index is 630. The molecule has 0 aliphatic carbocycles. The number of benzene rings is 2. The minimum atomic E-state index is 0.161. The summed E-state index contributed by atoms with van der Waals surface area (Å²) in [6.45, 7) is 1.57. The number of amides is 1. The first-order valence-corrected chi connectivity index (χ1v) is 8.06. The summed E-state index contributed by atoms with van der Waals surface area (Å²) in [6, 6.07) is 18.5. The Morgan fingerprint density at radius 1 is 1.17 bits per heavy atom. The molecule has 1 amide bonds. The Kier molecular flexibility index (Phi) is 5.40. The molecule has 2 atom stereocenters. The molecule has 1 heterocycles. The van der Waals surface area contributed by atoms with Gasteiger partial charge in [0.25, 0.3) is 0 Å². The molecule has 1 aliphatic heterocycles. The molecule has 4 heteroatoms. The Hall–Kier alpha value is -2.17. The summed E-state index contributed by atoms with van der Waals surface area (Å²) < 4.78 is 6.19. The molecule has 0 aromatic heterocycles. The highest BCUT2D eigenvalue weighted by Gasteiger charge is 2.26. The molecule has 120 valence electrons. The van der Waals surface area contributed by atoms with E-state index in [1.807, 2.05) is 30.3 Å². The predicted octanol–water partition coefficient (Wildman–Crippen LogP) is 3.26. The molecule has 0 bridgehead atoms. The smallest absolute Gasteiger partial charge is 0.211 e. The minimum Gasteiger partial charge on any atom is -0.372 e. The van der Waals surface area contributed by atoms with Crippen LogP contribution in [0.5, 0.6) is 0 Å². The van der Waals surface area contributed by atoms with Crippen LogP contribution < -0.4 is 10.6 Å². The van der Waals surface area contributed by atoms with Crippen LogP contribution in [0.2, 0.25) is 0 Å². The lowest BCUT2D eigenvalue weighted by atomic mass is 9.94. The molecule has 1 fully saturated rings. The van der Waals surface area contributed by atoms with Gasteiger partial charge in [0.2, 0.25) is 6.41 Å². The molecular weight excluding hydrogens is 288 g/mol. The van der Waals surface area contributed by atoms with Crippen LogP contribution in [0.1, 0.15) is 30.0 Å². The maximum absolute atomic E-state index is 10.5. The average Bonchev–Trinajstić information content (AvgIpc) is 2.62. The van der Waals surface area contributed by atoms with Gasteiger partial charge in [-0.15, -0.1) is 0 Å². The van der Waals surface area contributed by atoms with Gasteiger partial charge in [-0.3, -0.25) is 4.79 Å². The van der Waals surface area contributed by atoms with E-state index in [1.165, 1.54) is 5.56 Å². The van der Waals surface area contributed by atoms with Crippen molar-refractivity contribution in [3.63, 3.8) is 0 Å². The fraction of sp³-hybridized carbons (Fsp3) is 0.316. The molecular formula is C19H22N2O2. The molecule has 0 saturated carbocycles. The summed E-state index contributed by atoms with van der Waals surface area (Å²) in [5, 5.41) is 6.24. The van der Waals surface area contributed by atoms with Crippen molar-refractivity contribution < 1.29 is 9.53 Å². The van der Waals surface area contributed by atoms with Crippen molar-refractivity contribution in [3.8, 4) is 0 Å². The molecule has 3 rings (SSSR count). The second-order valence-electron chi connectivity index (χ2n) is 5.80. The Morgan fingerprint density at radius 2 is 2.04 bits per heavy atom. The van der Waals surface area contributed by atoms with Gasteiger partial charge in [0.15, 0.2) is 0 Å². The van der Waals surface area contributed by atoms with Crippen molar-refractivity contribution in [1.82, 2.24) is 5.32 Å². The zero-order valence-electron chi connectivity index (χ0n) is 13.1. The average molecular weight is 310 g/mol. The number of piperidine rings is 1. The number of hydrogen-bond donors (Lipinski definition) is 2. The van der Waals surface area contributed by atoms with Crippen molar-refractivity contribution in [1.29, 1.82) is 0 Å². The summed E-state index contributed by atoms with van der Waals surface area (Å²) in [4.78, 5) is 10.5. The van der Waals surface area contributed by atoms with Crippen molar-refractivity contribution in [2.75, 3.05) is 11.9 Å². The summed E-state index contributed by atoms with van der Waals surface area (Å²) in [5.74, 6) is 0. The summed E-state index contributed by atoms with van der Waals surface area (Å²) in [6.07, 6.45) is 3.03. The predicted molar refractivity (Wildman–Crippen MR) is 91.1 cm³/mol. The summed E-state index contributed by atoms with van der Waals surface area (Å²) >= 11 is 0. The fourth-order valence-electron chi connectivity index (χ4n) is 3.05. The number of carbonyl (C=O) groups is 1. The lowest BCUT2D eigenvalue weighted by Crippen LogP contribution is -2.39. The van der Waals surface area contributed by atoms with Crippen molar-refractivity contribution >= 4 is 12.1 Å². The lowest BCUT2D eigenvalue weighted by Gasteiger charge is -2.33. The highest BCUT2D eigenvalue weighted by molar-refractivity contribution is 5.71. The van der Waals surface area contributed by atoms with Gasteiger partial charge < -0.3 is 15.4 Å². The Morgan fingerprint density at radius 3 is 2.87 bits per heavy atom. The third-order valence-electron chi connectivity index (χ3n) is 4.18. The fourth-order valence-corrected chi connectivity index (χ4v) is 3.05. The minimum absolute atomic E-state index is 0.161. The number of rotatable bonds is 6. The molecule has 0 unspecified atom stereocenters. The van der Waals surface area contributed by atoms with E-state index in [2.05, 4.69) is 34.9 Å². The van der Waals surface area contributed by atoms with Crippen molar-refractivity contribution in [2.45, 2.75) is 31.6 Å². The Balaban J connectivity index is 1.65. The SMILES string of the molecule is O=CNc1cccc(CO[C@@H]2CCCN[C@@H]2c2ccccc2)c1. The van der Waals surface area contributed by atoms with E-state index in [1.54, 1.807) is 0 Å². The normalized spacial score (nSPS) is 20.9. The van der Waals surface area contributed by atoms with Gasteiger partial charge >= 0.3 is 0 Å². The second-order valence-corrected chi connectivity index (χ2v) is 5.80. The monoisotopic (exact) mass is 310 g/mol. The van der Waals surface area contributed by atoms with Gasteiger partial charge in [-0.05, 0) is 42.6 Å². The molecule has 0 radical (unpaired) electrons. The molecule has 0 spiro atoms. The quantitative estimate of drug-likeness (QED) is 0.805. The van der Waals surface area contributed by atoms with Crippen LogP contribution in [0.25, 0.3) is 0 Å². The highest BCUT2D eigenvalue weighted by atomic mass is 16.5. The van der Waals surface area contributed by atoms with Crippen LogP contribution >= 0.6 is 0 Å². The van der Waals surface area contributed by atoms with E-state index >= 15 is 0 Å². The van der Waals surface area contributed by atoms with Gasteiger partial charge in [0.05, 0.1) is 18.8 Å². The summed E-state index contributed by atoms with van der Waals surface area (Å²) in [5.41, 5.74) is 3.13. The molecule has 4 nitrogen and oxygen atoms in total. The number of anilines is 1. The first kappa shape index (κ1) is 15.7. The van der Waals surface area contributed by atoms with Crippen LogP contribution in [-0.2, 0) is 16.1 Å². The van der Waals surface area contributed by atoms with Gasteiger partial charge in [0, 0.05) is 5.69 Å². The molecule has 23 heavy (non-hydrogen) atoms. The maximum Gasteiger partial charge on any atom is 0.211 e. The van der Waals surface area contributed by atoms with Crippen LogP contribution in [0.3, 0.4) is 0 Å². The van der Waals surface area contributed by atoms with Gasteiger partial charge in [-0.1, -0.05) is 42.5 Å². The zero-order chi connectivity index (χ0) is 15.9. The molecule has 2 aromatic rings. The zero-order valence-corrected chi connectivity index (χ0v) is 13.1. The van der Waals surface area contributed by atoms with E-state index < -0.39 is 0 Å². The number of ether oxygens (including phenoxy) is 1. The standard InChI is InChI=1S/C19H22N2O2/c22-14-21-17-9-4-6-15(12-17)13-23-18-10-5-11-20-19(18)16-7-2-1-3-8-16/h1-4,6-9,12,14,18-20H,5,10-11,13H2,(H,21,22)/t18-,19-/m1/s1. The van der Waals surface area contributed by atoms with Crippen molar-refractivity contribution in [3.05, 3.63) is 65.7 Å². The van der Waals surface area contributed by atoms with E-state index in [0.29, 0.717) is 13.0 Å². The third-order valence-corrected chi connectivity index (χ3v) is 4.18. The van der Waals surface area contributed by atoms with Gasteiger partial charge in [0.1, 0.15) is 0 Å². The van der Waals surface area contributed by atoms with Gasteiger partial charge in [-0.25, -0.2) is 0 Å². The van der Waals surface area contributed by atoms with Crippen LogP contribution in [-0.4, -0.2) is 19.1 Å². The molecule has 1 aliphatic rings. The van der Waals surface area contributed by atoms with Crippen LogP contribution in [0.15, 0.2) is 54.6 Å². The number of nitrogens with one attached hydrogen (secondary N) is 2. The second kappa shape index (κ2) is 7.90. The molecule has 2 N–H and O–H groups in total. The lowest BCUT2D eigenvalue weighted by molar-refractivity contribution is -0.105. The largest absolute Gasteiger partial charge is 0.372 e. The maximum atomic E-state index is 10.5. The van der Waals surface area contributed by atoms with E-state index in [9.17, 15) is 4.79 Å². The molecule has 2 aromatic carbocycles. The van der Waals surface area contributed by atoms with Gasteiger partial charge in [-0.2, -0.15) is 0 Å². The number of hydrogen-bond acceptors (Lipinski definition) is 3. The summed E-state index contributed by atoms with van der Waals surface area (Å²) in [7, 11) is 0. The van der Waals surface area contributed by atoms with E-state index in [-0.39, 0.29) is 12.1 Å². The van der Waals surface area contributed by atoms with E-state index in [4.69, 9.17) is 4.74 Å².